The molecule has 0 amide bonds. The van der Waals surface area contributed by atoms with E-state index in [-0.39, 0.29) is 10.8 Å². The van der Waals surface area contributed by atoms with E-state index < -0.39 is 4.92 Å². The Bertz CT molecular complexity index is 489. The zero-order valence-corrected chi connectivity index (χ0v) is 11.3. The van der Waals surface area contributed by atoms with Gasteiger partial charge in [-0.25, -0.2) is 4.98 Å². The predicted octanol–water partition coefficient (Wildman–Crippen LogP) is 3.49. The highest BCUT2D eigenvalue weighted by atomic mass is 35.5. The molecule has 0 saturated heterocycles. The van der Waals surface area contributed by atoms with Gasteiger partial charge in [0.2, 0.25) is 0 Å². The van der Waals surface area contributed by atoms with Crippen LogP contribution in [0.1, 0.15) is 25.7 Å². The lowest BCUT2D eigenvalue weighted by molar-refractivity contribution is -0.384. The van der Waals surface area contributed by atoms with Crippen LogP contribution in [0.25, 0.3) is 0 Å². The van der Waals surface area contributed by atoms with Gasteiger partial charge in [-0.3, -0.25) is 10.1 Å². The summed E-state index contributed by atoms with van der Waals surface area (Å²) >= 11 is 5.80. The Morgan fingerprint density at radius 2 is 2.00 bits per heavy atom. The first kappa shape index (κ1) is 12.7. The van der Waals surface area contributed by atoms with Crippen LogP contribution in [-0.4, -0.2) is 16.5 Å². The fourth-order valence-corrected chi connectivity index (χ4v) is 2.87. The van der Waals surface area contributed by atoms with Crippen molar-refractivity contribution >= 4 is 23.1 Å². The molecule has 0 atom stereocenters. The van der Waals surface area contributed by atoms with Crippen LogP contribution in [0.4, 0.5) is 11.5 Å². The molecule has 0 spiro atoms. The first-order valence-corrected chi connectivity index (χ1v) is 7.07. The highest BCUT2D eigenvalue weighted by Gasteiger charge is 2.41. The van der Waals surface area contributed by atoms with Gasteiger partial charge in [-0.15, -0.1) is 0 Å². The van der Waals surface area contributed by atoms with E-state index in [1.807, 2.05) is 0 Å². The second-order valence-corrected chi connectivity index (χ2v) is 5.90. The second kappa shape index (κ2) is 4.96. The predicted molar refractivity (Wildman–Crippen MR) is 73.3 cm³/mol. The summed E-state index contributed by atoms with van der Waals surface area (Å²) < 4.78 is 0. The molecule has 19 heavy (non-hydrogen) atoms. The molecule has 0 aromatic carbocycles. The fourth-order valence-electron chi connectivity index (χ4n) is 2.67. The number of anilines is 1. The summed E-state index contributed by atoms with van der Waals surface area (Å²) in [7, 11) is 0. The molecule has 0 bridgehead atoms. The molecule has 0 unspecified atom stereocenters. The van der Waals surface area contributed by atoms with E-state index in [2.05, 4.69) is 10.3 Å². The summed E-state index contributed by atoms with van der Waals surface area (Å²) in [5, 5.41) is 14.2. The number of nitro groups is 1. The molecule has 2 fully saturated rings. The highest BCUT2D eigenvalue weighted by Crippen LogP contribution is 2.49. The Kier molecular flexibility index (Phi) is 3.31. The number of rotatable bonds is 6. The molecule has 6 heteroatoms. The summed E-state index contributed by atoms with van der Waals surface area (Å²) in [6, 6.07) is 2.72. The third-order valence-electron chi connectivity index (χ3n) is 3.96. The van der Waals surface area contributed by atoms with Crippen LogP contribution in [-0.2, 0) is 0 Å². The molecule has 1 aromatic rings. The zero-order valence-electron chi connectivity index (χ0n) is 10.5. The van der Waals surface area contributed by atoms with Crippen LogP contribution < -0.4 is 5.32 Å². The molecule has 3 rings (SSSR count). The van der Waals surface area contributed by atoms with Crippen molar-refractivity contribution in [3.8, 4) is 0 Å². The highest BCUT2D eigenvalue weighted by molar-refractivity contribution is 6.29. The van der Waals surface area contributed by atoms with E-state index >= 15 is 0 Å². The largest absolute Gasteiger partial charge is 0.370 e. The molecule has 1 heterocycles. The third-order valence-corrected chi connectivity index (χ3v) is 4.16. The van der Waals surface area contributed by atoms with Gasteiger partial charge in [0.05, 0.1) is 17.1 Å². The normalized spacial score (nSPS) is 18.6. The van der Waals surface area contributed by atoms with Crippen molar-refractivity contribution in [2.24, 2.45) is 17.8 Å². The van der Waals surface area contributed by atoms with Gasteiger partial charge in [-0.1, -0.05) is 11.6 Å². The lowest BCUT2D eigenvalue weighted by Crippen LogP contribution is -2.18. The van der Waals surface area contributed by atoms with Gasteiger partial charge in [0.25, 0.3) is 5.69 Å². The van der Waals surface area contributed by atoms with Gasteiger partial charge < -0.3 is 5.32 Å². The standard InChI is InChI=1S/C13H16ClN3O2/c14-12-5-10(17(18)19)6-13(16-12)15-7-11(8-1-2-8)9-3-4-9/h5-6,8-9,11H,1-4,7H2,(H,15,16). The summed E-state index contributed by atoms with van der Waals surface area (Å²) in [6.45, 7) is 0.847. The quantitative estimate of drug-likeness (QED) is 0.492. The van der Waals surface area contributed by atoms with Crippen LogP contribution in [0.5, 0.6) is 0 Å². The zero-order chi connectivity index (χ0) is 13.4. The van der Waals surface area contributed by atoms with Crippen LogP contribution in [0, 0.1) is 27.9 Å². The summed E-state index contributed by atoms with van der Waals surface area (Å²) in [4.78, 5) is 14.4. The SMILES string of the molecule is O=[N+]([O-])c1cc(Cl)nc(NCC(C2CC2)C2CC2)c1. The number of aromatic nitrogens is 1. The van der Waals surface area contributed by atoms with Crippen molar-refractivity contribution in [3.05, 3.63) is 27.4 Å². The monoisotopic (exact) mass is 281 g/mol. The molecule has 5 nitrogen and oxygen atoms in total. The molecule has 1 N–H and O–H groups in total. The Labute approximate surface area is 116 Å². The van der Waals surface area contributed by atoms with E-state index in [1.165, 1.54) is 37.8 Å². The van der Waals surface area contributed by atoms with E-state index in [0.717, 1.165) is 18.4 Å². The van der Waals surface area contributed by atoms with Crippen LogP contribution in [0.15, 0.2) is 12.1 Å². The molecule has 102 valence electrons. The number of nitrogens with one attached hydrogen (secondary N) is 1. The maximum Gasteiger partial charge on any atom is 0.276 e. The summed E-state index contributed by atoms with van der Waals surface area (Å²) in [5.74, 6) is 2.88. The average Bonchev–Trinajstić information content (AvgIpc) is 3.23. The lowest BCUT2D eigenvalue weighted by Gasteiger charge is -2.16. The second-order valence-electron chi connectivity index (χ2n) is 5.51. The third kappa shape index (κ3) is 3.15. The maximum absolute atomic E-state index is 10.8. The summed E-state index contributed by atoms with van der Waals surface area (Å²) in [6.07, 6.45) is 5.30. The lowest BCUT2D eigenvalue weighted by atomic mass is 9.98. The average molecular weight is 282 g/mol. The smallest absolute Gasteiger partial charge is 0.276 e. The minimum absolute atomic E-state index is 0.0168. The Morgan fingerprint density at radius 1 is 1.37 bits per heavy atom. The molecule has 2 saturated carbocycles. The first-order chi connectivity index (χ1) is 9.13. The van der Waals surface area contributed by atoms with E-state index in [9.17, 15) is 10.1 Å². The number of hydrogen-bond donors (Lipinski definition) is 1. The van der Waals surface area contributed by atoms with Crippen molar-refractivity contribution in [2.75, 3.05) is 11.9 Å². The molecule has 0 aliphatic heterocycles. The molecule has 1 aromatic heterocycles. The molecular weight excluding hydrogens is 266 g/mol. The van der Waals surface area contributed by atoms with Gasteiger partial charge in [-0.2, -0.15) is 0 Å². The van der Waals surface area contributed by atoms with E-state index in [0.29, 0.717) is 11.7 Å². The molecule has 2 aliphatic carbocycles. The van der Waals surface area contributed by atoms with Crippen molar-refractivity contribution in [1.82, 2.24) is 4.98 Å². The minimum atomic E-state index is -0.446. The van der Waals surface area contributed by atoms with Crippen LogP contribution in [0.2, 0.25) is 5.15 Å². The van der Waals surface area contributed by atoms with Gasteiger partial charge in [0.15, 0.2) is 0 Å². The van der Waals surface area contributed by atoms with E-state index in [4.69, 9.17) is 11.6 Å². The van der Waals surface area contributed by atoms with Gasteiger partial charge in [0, 0.05) is 6.54 Å². The Balaban J connectivity index is 1.66. The van der Waals surface area contributed by atoms with Crippen molar-refractivity contribution in [3.63, 3.8) is 0 Å². The van der Waals surface area contributed by atoms with Crippen molar-refractivity contribution < 1.29 is 4.92 Å². The number of pyridine rings is 1. The van der Waals surface area contributed by atoms with Gasteiger partial charge in [0.1, 0.15) is 11.0 Å². The van der Waals surface area contributed by atoms with Gasteiger partial charge in [-0.05, 0) is 43.4 Å². The van der Waals surface area contributed by atoms with Crippen molar-refractivity contribution in [1.29, 1.82) is 0 Å². The number of hydrogen-bond acceptors (Lipinski definition) is 4. The maximum atomic E-state index is 10.8. The summed E-state index contributed by atoms with van der Waals surface area (Å²) in [5.41, 5.74) is -0.0168. The number of halogens is 1. The van der Waals surface area contributed by atoms with Crippen LogP contribution in [0.3, 0.4) is 0 Å². The van der Waals surface area contributed by atoms with Crippen LogP contribution >= 0.6 is 11.6 Å². The minimum Gasteiger partial charge on any atom is -0.370 e. The molecule has 2 aliphatic rings. The molecule has 0 radical (unpaired) electrons. The van der Waals surface area contributed by atoms with Gasteiger partial charge >= 0.3 is 0 Å². The first-order valence-electron chi connectivity index (χ1n) is 6.69. The Morgan fingerprint density at radius 3 is 2.53 bits per heavy atom. The molecular formula is C13H16ClN3O2. The van der Waals surface area contributed by atoms with Crippen molar-refractivity contribution in [2.45, 2.75) is 25.7 Å². The number of nitrogens with zero attached hydrogens (tertiary/aromatic N) is 2. The van der Waals surface area contributed by atoms with E-state index in [1.54, 1.807) is 0 Å². The Hall–Kier alpha value is -1.36. The topological polar surface area (TPSA) is 68.1 Å². The fraction of sp³-hybridized carbons (Fsp3) is 0.615.